The van der Waals surface area contributed by atoms with Crippen molar-refractivity contribution in [2.45, 2.75) is 102 Å². The van der Waals surface area contributed by atoms with Gasteiger partial charge in [0.15, 0.2) is 11.2 Å². The Bertz CT molecular complexity index is 3880. The summed E-state index contributed by atoms with van der Waals surface area (Å²) in [6.45, 7) is 18.1. The third kappa shape index (κ3) is 28.4. The predicted octanol–water partition coefficient (Wildman–Crippen LogP) is 1.59. The van der Waals surface area contributed by atoms with E-state index >= 15 is 0 Å². The van der Waals surface area contributed by atoms with Gasteiger partial charge in [0.25, 0.3) is 0 Å². The Hall–Kier alpha value is -7.26. The summed E-state index contributed by atoms with van der Waals surface area (Å²) in [4.78, 5) is 50.1. The standard InChI is InChI=1S/C23H4.C22H29ClN2O5.C14H15ClN2O3.B23/c1-3-5-7-9-11-13-15-17-19-21-23-22-20-18-16-14-12-10-8-6-4-2;1-20(2,3)28-18(26)17-12-22(13-25(17)19(27)29-21(4,5)6)11-16(24-30-22)14-8-7-9-15(23)10-14;1-19-13(18)12-7-14(8-16-12)6-11(17-20-14)9-3-2-4-10(15)5-9;1-13-19(12)22(18(10)11)23(20(14(2)3)15(4)5)21(16(6)7)17(8)9/h1-2H2;7-10,17H,11-13H2,1-6H3;2-5,12,16H,6-8H2,1H3;/t;17-,22+;12-,14+;/m.00./s1. The van der Waals surface area contributed by atoms with E-state index in [-0.39, 0.29) is 25.0 Å². The van der Waals surface area contributed by atoms with Crippen LogP contribution in [0.25, 0.3) is 0 Å². The van der Waals surface area contributed by atoms with E-state index < -0.39 is 104 Å². The van der Waals surface area contributed by atoms with Crippen LogP contribution >= 0.6 is 23.2 Å². The summed E-state index contributed by atoms with van der Waals surface area (Å²) in [6, 6.07) is 13.7. The Morgan fingerprint density at radius 3 is 1.29 bits per heavy atom. The van der Waals surface area contributed by atoms with Gasteiger partial charge in [0.05, 0.1) is 25.1 Å². The van der Waals surface area contributed by atoms with Crippen LogP contribution in [0.15, 0.2) is 192 Å². The van der Waals surface area contributed by atoms with Crippen LogP contribution in [0, 0.1) is 0 Å². The van der Waals surface area contributed by atoms with Crippen LogP contribution in [-0.2, 0) is 33.5 Å². The van der Waals surface area contributed by atoms with Crippen molar-refractivity contribution in [3.63, 3.8) is 0 Å². The second-order valence-electron chi connectivity index (χ2n) is 23.7. The van der Waals surface area contributed by atoms with Crippen LogP contribution in [0.2, 0.25) is 10.0 Å². The fourth-order valence-electron chi connectivity index (χ4n) is 10.1. The molecule has 2 aromatic carbocycles. The molecule has 4 atom stereocenters. The summed E-state index contributed by atoms with van der Waals surface area (Å²) in [5.74, 6) is -0.744. The molecular weight excluding hydrogens is 1210 g/mol. The zero-order chi connectivity index (χ0) is 71.8. The first kappa shape index (κ1) is 83.0. The molecule has 4 aliphatic heterocycles. The zero-order valence-electron chi connectivity index (χ0n) is 54.6. The molecule has 6 rings (SSSR count). The highest BCUT2D eigenvalue weighted by molar-refractivity contribution is 8.22. The number of halogens is 2. The number of oxime groups is 2. The first-order valence-electron chi connectivity index (χ1n) is 29.5. The molecule has 25 radical (unpaired) electrons. The van der Waals surface area contributed by atoms with Crippen LogP contribution < -0.4 is 5.32 Å². The van der Waals surface area contributed by atoms with Crippen molar-refractivity contribution < 1.29 is 38.3 Å². The zero-order valence-corrected chi connectivity index (χ0v) is 56.1. The molecule has 0 bridgehead atoms. The highest BCUT2D eigenvalue weighted by Gasteiger charge is 2.56. The number of benzene rings is 2. The molecule has 0 aromatic heterocycles. The number of carbonyl (C=O) groups is 3. The fraction of sp³-hybridized carbons (Fsp3) is 0.322. The normalized spacial score (nSPS) is 16.5. The average Bonchev–Trinajstić information content (AvgIpc) is 1.29. The number of esters is 2. The van der Waals surface area contributed by atoms with E-state index in [1.165, 1.54) is 19.1 Å². The maximum Gasteiger partial charge on any atom is 0.411 e. The fourth-order valence-corrected chi connectivity index (χ4v) is 10.5. The van der Waals surface area contributed by atoms with Gasteiger partial charge in [-0.25, -0.2) is 9.59 Å². The maximum absolute atomic E-state index is 12.9. The van der Waals surface area contributed by atoms with Gasteiger partial charge < -0.3 is 29.2 Å². The number of nitrogens with one attached hydrogen (secondary N) is 1. The minimum atomic E-state index is -0.925. The smallest absolute Gasteiger partial charge is 0.411 e. The number of carbonyl (C=O) groups excluding carboxylic acids is 3. The topological polar surface area (TPSA) is 137 Å². The van der Waals surface area contributed by atoms with Gasteiger partial charge >= 0.3 is 18.0 Å². The number of likely N-dealkylation sites (tertiary alicyclic amines) is 1. The minimum absolute atomic E-state index is 0.180. The Morgan fingerprint density at radius 1 is 0.573 bits per heavy atom. The van der Waals surface area contributed by atoms with Gasteiger partial charge in [-0.1, -0.05) is 69.2 Å². The van der Waals surface area contributed by atoms with Crippen molar-refractivity contribution in [1.29, 1.82) is 0 Å². The molecule has 0 aliphatic carbocycles. The molecule has 4 aliphatic rings. The monoisotopic (exact) mass is 1260 g/mol. The molecule has 96 heavy (non-hydrogen) atoms. The number of ether oxygens (including phenoxy) is 3. The first-order valence-corrected chi connectivity index (χ1v) is 30.2. The summed E-state index contributed by atoms with van der Waals surface area (Å²) in [6.07, 6.45) is -6.65. The number of amides is 1. The van der Waals surface area contributed by atoms with Gasteiger partial charge in [0.1, 0.15) is 23.3 Å². The van der Waals surface area contributed by atoms with Crippen molar-refractivity contribution in [3.05, 3.63) is 203 Å². The third-order valence-electron chi connectivity index (χ3n) is 14.0. The Morgan fingerprint density at radius 2 is 0.948 bits per heavy atom. The van der Waals surface area contributed by atoms with Crippen LogP contribution in [0.5, 0.6) is 0 Å². The van der Waals surface area contributed by atoms with E-state index in [0.29, 0.717) is 35.9 Å². The molecule has 1 N–H and O–H groups in total. The van der Waals surface area contributed by atoms with Crippen LogP contribution in [0.1, 0.15) is 78.4 Å². The van der Waals surface area contributed by atoms with Crippen molar-refractivity contribution in [3.8, 4) is 0 Å². The lowest BCUT2D eigenvalue weighted by atomic mass is 8.36. The molecule has 2 aromatic rings. The number of methoxy groups -OCH3 is 1. The number of nitrogens with zero attached hydrogens (tertiary/aromatic N) is 3. The molecule has 12 nitrogen and oxygen atoms in total. The Balaban J connectivity index is 0.000000337. The largest absolute Gasteiger partial charge is 0.468 e. The van der Waals surface area contributed by atoms with E-state index in [1.54, 1.807) is 47.6 Å². The van der Waals surface area contributed by atoms with E-state index in [9.17, 15) is 14.4 Å². The van der Waals surface area contributed by atoms with Gasteiger partial charge in [-0.3, -0.25) is 9.69 Å². The molecule has 37 heteroatoms. The van der Waals surface area contributed by atoms with E-state index in [1.807, 2.05) is 42.5 Å². The molecule has 1 amide bonds. The highest BCUT2D eigenvalue weighted by Crippen LogP contribution is 2.40. The minimum Gasteiger partial charge on any atom is -0.468 e. The number of hydrogen-bond acceptors (Lipinski definition) is 11. The Labute approximate surface area is 596 Å². The van der Waals surface area contributed by atoms with Gasteiger partial charge in [0.2, 0.25) is 0 Å². The molecule has 2 saturated heterocycles. The summed E-state index contributed by atoms with van der Waals surface area (Å²) in [7, 11) is 72.7. The predicted molar refractivity (Wildman–Crippen MR) is 406 cm³/mol. The second kappa shape index (κ2) is 41.1. The van der Waals surface area contributed by atoms with Crippen LogP contribution in [0.4, 0.5) is 4.79 Å². The highest BCUT2D eigenvalue weighted by atomic mass is 35.5. The van der Waals surface area contributed by atoms with Crippen LogP contribution in [0.3, 0.4) is 0 Å². The second-order valence-corrected chi connectivity index (χ2v) is 24.6. The lowest BCUT2D eigenvalue weighted by Gasteiger charge is -2.45. The van der Waals surface area contributed by atoms with Crippen molar-refractivity contribution in [1.82, 2.24) is 10.2 Å². The Kier molecular flexibility index (Phi) is 35.5. The van der Waals surface area contributed by atoms with Gasteiger partial charge in [-0.2, -0.15) is 0 Å². The summed E-state index contributed by atoms with van der Waals surface area (Å²) >= 11 is 12.1. The lowest BCUT2D eigenvalue weighted by molar-refractivity contribution is -0.160. The van der Waals surface area contributed by atoms with E-state index in [2.05, 4.69) is 149 Å². The quantitative estimate of drug-likeness (QED) is 0.130. The van der Waals surface area contributed by atoms with E-state index in [4.69, 9.17) is 140 Å². The van der Waals surface area contributed by atoms with Crippen molar-refractivity contribution >= 4 is 216 Å². The summed E-state index contributed by atoms with van der Waals surface area (Å²) < 4.78 is 15.8. The number of rotatable bonds is 14. The van der Waals surface area contributed by atoms with Crippen LogP contribution in [-0.4, -0.2) is 253 Å². The summed E-state index contributed by atoms with van der Waals surface area (Å²) in [5, 5.41) is 12.8. The van der Waals surface area contributed by atoms with Gasteiger partial charge in [-0.05, 0) is 171 Å². The lowest BCUT2D eigenvalue weighted by Crippen LogP contribution is -2.83. The van der Waals surface area contributed by atoms with Gasteiger partial charge in [-0.15, -0.1) is 0 Å². The van der Waals surface area contributed by atoms with Crippen molar-refractivity contribution in [2.75, 3.05) is 20.2 Å². The molecular formula is C59H48B23Cl2N4O8. The number of hydrogen-bond donors (Lipinski definition) is 1. The molecule has 0 unspecified atom stereocenters. The molecule has 2 spiro atoms. The molecule has 0 saturated carbocycles. The third-order valence-corrected chi connectivity index (χ3v) is 14.4. The first-order chi connectivity index (χ1) is 45.3. The molecule has 4 heterocycles. The maximum atomic E-state index is 12.9. The van der Waals surface area contributed by atoms with Gasteiger partial charge in [0, 0.05) is 234 Å². The average molecular weight is 1260 g/mol. The molecule has 2 fully saturated rings. The summed E-state index contributed by atoms with van der Waals surface area (Å²) in [5.41, 5.74) is 52.7. The molecule has 435 valence electrons. The van der Waals surface area contributed by atoms with E-state index in [0.717, 1.165) is 22.6 Å². The van der Waals surface area contributed by atoms with Crippen molar-refractivity contribution in [2.24, 2.45) is 10.3 Å². The SMILES string of the molecule is C=C=C=C=C=C=C=C=C=C=C=C=C=C=C=C=C=C=C=C=C=C=C.CC(C)(C)OC(=O)[C@@H]1C[C@]2(CC(c3cccc(Cl)c3)=NO2)CN1C(=O)OC(C)(C)C.COC(=O)[C@@H]1C[C@@]2(CN1)CC(c1cccc(Cl)c1)=NO2.[B][B]B([B])B(B([B])[B])B(B(B([B])[B])B([B])[B])B(B([B])[B])B([B])[B].